The average molecular weight is 687 g/mol. The zero-order valence-corrected chi connectivity index (χ0v) is 30.0. The molecular weight excluding hydrogens is 649 g/mol. The van der Waals surface area contributed by atoms with Crippen LogP contribution in [0.5, 0.6) is 0 Å². The third-order valence-electron chi connectivity index (χ3n) is 10.3. The van der Waals surface area contributed by atoms with E-state index in [4.69, 9.17) is 6.58 Å². The van der Waals surface area contributed by atoms with E-state index in [0.717, 1.165) is 27.8 Å². The third kappa shape index (κ3) is 6.47. The molecule has 0 aromatic heterocycles. The van der Waals surface area contributed by atoms with Gasteiger partial charge in [-0.3, -0.25) is 0 Å². The highest BCUT2D eigenvalue weighted by Gasteiger charge is 2.19. The fourth-order valence-electron chi connectivity index (χ4n) is 7.75. The lowest BCUT2D eigenvalue weighted by Gasteiger charge is -2.20. The predicted molar refractivity (Wildman–Crippen MR) is 234 cm³/mol. The highest BCUT2D eigenvalue weighted by Crippen LogP contribution is 2.45. The van der Waals surface area contributed by atoms with Gasteiger partial charge < -0.3 is 0 Å². The molecule has 0 heterocycles. The van der Waals surface area contributed by atoms with Crippen LogP contribution in [0.25, 0.3) is 82.9 Å². The summed E-state index contributed by atoms with van der Waals surface area (Å²) in [7, 11) is 0. The summed E-state index contributed by atoms with van der Waals surface area (Å²) in [6.45, 7) is 4.83. The molecule has 0 spiro atoms. The van der Waals surface area contributed by atoms with Crippen LogP contribution in [0.1, 0.15) is 16.7 Å². The summed E-state index contributed by atoms with van der Waals surface area (Å²) < 4.78 is 0. The topological polar surface area (TPSA) is 0 Å². The Morgan fingerprint density at radius 3 is 1.48 bits per heavy atom. The van der Waals surface area contributed by atoms with Crippen molar-refractivity contribution in [3.63, 3.8) is 0 Å². The zero-order chi connectivity index (χ0) is 36.3. The van der Waals surface area contributed by atoms with Gasteiger partial charge in [0.05, 0.1) is 0 Å². The first-order valence-corrected chi connectivity index (χ1v) is 18.5. The summed E-state index contributed by atoms with van der Waals surface area (Å²) in [6, 6.07) is 71.9. The first-order chi connectivity index (χ1) is 26.7. The summed E-state index contributed by atoms with van der Waals surface area (Å²) in [5, 5.41) is 7.21. The quantitative estimate of drug-likeness (QED) is 0.110. The van der Waals surface area contributed by atoms with Gasteiger partial charge >= 0.3 is 0 Å². The van der Waals surface area contributed by atoms with Gasteiger partial charge in [0.2, 0.25) is 0 Å². The van der Waals surface area contributed by atoms with Crippen LogP contribution in [0.2, 0.25) is 0 Å². The molecule has 0 aliphatic carbocycles. The van der Waals surface area contributed by atoms with Crippen molar-refractivity contribution in [2.24, 2.45) is 0 Å². The lowest BCUT2D eigenvalue weighted by atomic mass is 9.83. The molecule has 0 saturated heterocycles. The molecule has 0 nitrogen and oxygen atoms in total. The van der Waals surface area contributed by atoms with Crippen molar-refractivity contribution < 1.29 is 0 Å². The van der Waals surface area contributed by atoms with Gasteiger partial charge in [-0.2, -0.15) is 0 Å². The van der Waals surface area contributed by atoms with Crippen molar-refractivity contribution in [1.29, 1.82) is 0 Å². The van der Waals surface area contributed by atoms with Crippen molar-refractivity contribution in [3.8, 4) is 33.4 Å². The molecule has 0 amide bonds. The van der Waals surface area contributed by atoms with Gasteiger partial charge in [0.25, 0.3) is 0 Å². The largest absolute Gasteiger partial charge is 0.0911 e. The Bertz CT molecular complexity index is 2780. The van der Waals surface area contributed by atoms with Gasteiger partial charge in [-0.05, 0) is 130 Å². The average Bonchev–Trinajstić information content (AvgIpc) is 3.24. The number of rotatable bonds is 8. The molecular formula is C54H38. The monoisotopic (exact) mass is 686 g/mol. The molecule has 0 atom stereocenters. The van der Waals surface area contributed by atoms with E-state index in [0.29, 0.717) is 0 Å². The summed E-state index contributed by atoms with van der Waals surface area (Å²) >= 11 is 0. The minimum atomic E-state index is 0.970. The Balaban J connectivity index is 1.33. The van der Waals surface area contributed by atoms with Crippen LogP contribution in [-0.4, -0.2) is 0 Å². The molecule has 0 aliphatic rings. The number of allylic oxidation sites excluding steroid dienone is 4. The Morgan fingerprint density at radius 1 is 0.389 bits per heavy atom. The lowest BCUT2D eigenvalue weighted by Crippen LogP contribution is -1.94. The first-order valence-electron chi connectivity index (χ1n) is 18.5. The number of fused-ring (bicyclic) bond motifs is 3. The highest BCUT2D eigenvalue weighted by atomic mass is 14.2. The molecule has 9 aromatic carbocycles. The minimum absolute atomic E-state index is 0.970. The van der Waals surface area contributed by atoms with Crippen LogP contribution in [-0.2, 0) is 0 Å². The molecule has 9 aromatic rings. The van der Waals surface area contributed by atoms with E-state index in [2.05, 4.69) is 218 Å². The van der Waals surface area contributed by atoms with Crippen LogP contribution < -0.4 is 0 Å². The van der Waals surface area contributed by atoms with Crippen LogP contribution in [0.15, 0.2) is 219 Å². The predicted octanol–water partition coefficient (Wildman–Crippen LogP) is 15.0. The second-order valence-corrected chi connectivity index (χ2v) is 13.8. The maximum atomic E-state index is 4.83. The second-order valence-electron chi connectivity index (χ2n) is 13.8. The first kappa shape index (κ1) is 32.9. The van der Waals surface area contributed by atoms with E-state index in [9.17, 15) is 0 Å². The number of benzene rings is 9. The Kier molecular flexibility index (Phi) is 8.85. The van der Waals surface area contributed by atoms with Crippen LogP contribution >= 0.6 is 0 Å². The molecule has 0 unspecified atom stereocenters. The Hall–Kier alpha value is -7.02. The minimum Gasteiger partial charge on any atom is -0.0911 e. The number of hydrogen-bond acceptors (Lipinski definition) is 0. The third-order valence-corrected chi connectivity index (χ3v) is 10.3. The maximum absolute atomic E-state index is 4.83. The van der Waals surface area contributed by atoms with E-state index in [-0.39, 0.29) is 0 Å². The van der Waals surface area contributed by atoms with E-state index in [1.54, 1.807) is 0 Å². The van der Waals surface area contributed by atoms with Crippen molar-refractivity contribution in [2.45, 2.75) is 0 Å². The van der Waals surface area contributed by atoms with E-state index < -0.39 is 0 Å². The maximum Gasteiger partial charge on any atom is -0.00257 e. The van der Waals surface area contributed by atoms with Crippen molar-refractivity contribution in [3.05, 3.63) is 236 Å². The Labute approximate surface area is 317 Å². The SMILES string of the molecule is C=C(/C=C(\C=C\c1ccccc1)c1ccccc1)c1c2ccccc2c(-c2cc(-c3ccccc3)cc(-c3ccccc3)c2)c2cc3ccccc3cc12. The van der Waals surface area contributed by atoms with Crippen LogP contribution in [0.4, 0.5) is 0 Å². The zero-order valence-electron chi connectivity index (χ0n) is 30.0. The smallest absolute Gasteiger partial charge is 0.00257 e. The van der Waals surface area contributed by atoms with Gasteiger partial charge in [-0.15, -0.1) is 0 Å². The molecule has 0 N–H and O–H groups in total. The van der Waals surface area contributed by atoms with E-state index in [1.807, 2.05) is 0 Å². The van der Waals surface area contributed by atoms with Crippen molar-refractivity contribution in [2.75, 3.05) is 0 Å². The van der Waals surface area contributed by atoms with E-state index in [1.165, 1.54) is 65.7 Å². The Morgan fingerprint density at radius 2 is 0.870 bits per heavy atom. The number of hydrogen-bond donors (Lipinski definition) is 0. The summed E-state index contributed by atoms with van der Waals surface area (Å²) in [4.78, 5) is 0. The van der Waals surface area contributed by atoms with Crippen molar-refractivity contribution in [1.82, 2.24) is 0 Å². The summed E-state index contributed by atoms with van der Waals surface area (Å²) in [5.41, 5.74) is 12.7. The highest BCUT2D eigenvalue weighted by molar-refractivity contribution is 6.22. The molecule has 9 rings (SSSR count). The lowest BCUT2D eigenvalue weighted by molar-refractivity contribution is 1.58. The summed E-state index contributed by atoms with van der Waals surface area (Å²) in [6.07, 6.45) is 6.65. The molecule has 254 valence electrons. The van der Waals surface area contributed by atoms with Gasteiger partial charge in [0.15, 0.2) is 0 Å². The fourth-order valence-corrected chi connectivity index (χ4v) is 7.75. The van der Waals surface area contributed by atoms with E-state index >= 15 is 0 Å². The standard InChI is InChI=1S/C54H38/c1-38(32-45(40-20-8-3-9-21-40)31-30-39-18-6-2-7-19-39)53-49-28-16-17-29-50(49)54(52-37-44-27-15-14-26-43(44)36-51(52)53)48-34-46(41-22-10-4-11-23-41)33-47(35-48)42-24-12-5-13-25-42/h2-37H,1H2/b31-30+,45-32+. The van der Waals surface area contributed by atoms with Gasteiger partial charge in [0, 0.05) is 0 Å². The molecule has 0 aliphatic heterocycles. The molecule has 0 fully saturated rings. The van der Waals surface area contributed by atoms with Gasteiger partial charge in [-0.25, -0.2) is 0 Å². The molecule has 0 heteroatoms. The van der Waals surface area contributed by atoms with Gasteiger partial charge in [0.1, 0.15) is 0 Å². The van der Waals surface area contributed by atoms with Gasteiger partial charge in [-0.1, -0.05) is 189 Å². The fraction of sp³-hybridized carbons (Fsp3) is 0. The molecule has 0 saturated carbocycles. The molecule has 0 radical (unpaired) electrons. The molecule has 0 bridgehead atoms. The van der Waals surface area contributed by atoms with Crippen LogP contribution in [0.3, 0.4) is 0 Å². The van der Waals surface area contributed by atoms with Crippen LogP contribution in [0, 0.1) is 0 Å². The second kappa shape index (κ2) is 14.5. The molecule has 54 heavy (non-hydrogen) atoms. The summed E-state index contributed by atoms with van der Waals surface area (Å²) in [5.74, 6) is 0. The normalized spacial score (nSPS) is 11.8. The van der Waals surface area contributed by atoms with Crippen molar-refractivity contribution >= 4 is 49.5 Å².